The van der Waals surface area contributed by atoms with Crippen LogP contribution >= 0.6 is 0 Å². The maximum absolute atomic E-state index is 10.3. The van der Waals surface area contributed by atoms with Crippen LogP contribution in [-0.2, 0) is 12.8 Å². The van der Waals surface area contributed by atoms with Crippen LogP contribution in [0.3, 0.4) is 0 Å². The minimum absolute atomic E-state index is 0.294. The van der Waals surface area contributed by atoms with Gasteiger partial charge >= 0.3 is 0 Å². The van der Waals surface area contributed by atoms with Gasteiger partial charge < -0.3 is 5.32 Å². The third kappa shape index (κ3) is 1.76. The van der Waals surface area contributed by atoms with Gasteiger partial charge in [0.25, 0.3) is 0 Å². The lowest BCUT2D eigenvalue weighted by molar-refractivity contribution is 0.240. The highest BCUT2D eigenvalue weighted by atomic mass is 16.5. The molecule has 0 spiro atoms. The van der Waals surface area contributed by atoms with E-state index in [4.69, 9.17) is 0 Å². The first-order valence-corrected chi connectivity index (χ1v) is 7.21. The lowest BCUT2D eigenvalue weighted by atomic mass is 9.93. The zero-order chi connectivity index (χ0) is 13.7. The molecule has 1 aromatic carbocycles. The van der Waals surface area contributed by atoms with Crippen LogP contribution in [0, 0.1) is 0 Å². The fraction of sp³-hybridized carbons (Fsp3) is 0.500. The van der Waals surface area contributed by atoms with Crippen molar-refractivity contribution in [2.45, 2.75) is 44.6 Å². The van der Waals surface area contributed by atoms with Crippen molar-refractivity contribution in [2.24, 2.45) is 5.10 Å². The standard InChI is InChI=1S/C14H18N4O2/c19-17-12-7-9-3-1-4-10(9)8-13(12)18(20)16-14(17)15-11-5-2-6-11/h7-8,11,19-20H,1-6H2,(H,15,16). The Hall–Kier alpha value is -1.79. The Bertz CT molecular complexity index is 583. The van der Waals surface area contributed by atoms with E-state index in [1.165, 1.54) is 17.5 Å². The molecular formula is C14H18N4O2. The number of nitrogens with one attached hydrogen (secondary N) is 1. The molecule has 0 amide bonds. The highest BCUT2D eigenvalue weighted by Crippen LogP contribution is 2.37. The summed E-state index contributed by atoms with van der Waals surface area (Å²) in [6.45, 7) is 0. The van der Waals surface area contributed by atoms with Gasteiger partial charge in [-0.2, -0.15) is 5.06 Å². The monoisotopic (exact) mass is 274 g/mol. The zero-order valence-corrected chi connectivity index (χ0v) is 11.2. The van der Waals surface area contributed by atoms with Gasteiger partial charge in [0, 0.05) is 6.04 Å². The van der Waals surface area contributed by atoms with Gasteiger partial charge in [0.05, 0.1) is 0 Å². The molecule has 6 heteroatoms. The van der Waals surface area contributed by atoms with Crippen molar-refractivity contribution in [2.75, 3.05) is 10.2 Å². The summed E-state index contributed by atoms with van der Waals surface area (Å²) in [4.78, 5) is 0. The van der Waals surface area contributed by atoms with Gasteiger partial charge in [0.15, 0.2) is 0 Å². The molecule has 1 aromatic rings. The summed E-state index contributed by atoms with van der Waals surface area (Å²) in [7, 11) is 0. The molecule has 3 aliphatic rings. The average Bonchev–Trinajstić information content (AvgIpc) is 2.84. The van der Waals surface area contributed by atoms with Crippen molar-refractivity contribution in [3.05, 3.63) is 23.3 Å². The van der Waals surface area contributed by atoms with Crippen molar-refractivity contribution in [3.8, 4) is 0 Å². The van der Waals surface area contributed by atoms with Crippen LogP contribution in [0.2, 0.25) is 0 Å². The Kier molecular flexibility index (Phi) is 2.61. The van der Waals surface area contributed by atoms with Crippen LogP contribution in [0.5, 0.6) is 0 Å². The first-order valence-electron chi connectivity index (χ1n) is 7.21. The second-order valence-corrected chi connectivity index (χ2v) is 5.76. The topological polar surface area (TPSA) is 71.3 Å². The maximum Gasteiger partial charge on any atom is 0.248 e. The molecule has 0 unspecified atom stereocenters. The fourth-order valence-electron chi connectivity index (χ4n) is 3.05. The van der Waals surface area contributed by atoms with Gasteiger partial charge in [0.1, 0.15) is 11.4 Å². The SMILES string of the molecule is ON1N=C(NC2CCC2)N(O)c2cc3c(cc21)CCC3. The second kappa shape index (κ2) is 4.36. The minimum Gasteiger partial charge on any atom is -0.350 e. The van der Waals surface area contributed by atoms with Crippen molar-refractivity contribution in [1.82, 2.24) is 5.32 Å². The first kappa shape index (κ1) is 12.0. The lowest BCUT2D eigenvalue weighted by Gasteiger charge is -2.34. The lowest BCUT2D eigenvalue weighted by Crippen LogP contribution is -2.50. The van der Waals surface area contributed by atoms with Crippen molar-refractivity contribution < 1.29 is 10.4 Å². The van der Waals surface area contributed by atoms with Gasteiger partial charge in [-0.3, -0.25) is 10.4 Å². The second-order valence-electron chi connectivity index (χ2n) is 5.76. The molecule has 106 valence electrons. The van der Waals surface area contributed by atoms with Gasteiger partial charge in [0.2, 0.25) is 5.96 Å². The summed E-state index contributed by atoms with van der Waals surface area (Å²) >= 11 is 0. The average molecular weight is 274 g/mol. The molecule has 1 saturated carbocycles. The molecular weight excluding hydrogens is 256 g/mol. The number of hydrogen-bond donors (Lipinski definition) is 3. The summed E-state index contributed by atoms with van der Waals surface area (Å²) in [6, 6.07) is 4.22. The summed E-state index contributed by atoms with van der Waals surface area (Å²) in [6.07, 6.45) is 6.54. The normalized spacial score (nSPS) is 21.2. The Balaban J connectivity index is 1.68. The van der Waals surface area contributed by atoms with Gasteiger partial charge in [-0.05, 0) is 61.8 Å². The summed E-state index contributed by atoms with van der Waals surface area (Å²) in [5.41, 5.74) is 3.61. The summed E-state index contributed by atoms with van der Waals surface area (Å²) in [5.74, 6) is 0.294. The Labute approximate surface area is 117 Å². The quantitative estimate of drug-likeness (QED) is 0.730. The Morgan fingerprint density at radius 2 is 1.75 bits per heavy atom. The third-order valence-corrected chi connectivity index (χ3v) is 4.46. The Morgan fingerprint density at radius 3 is 2.40 bits per heavy atom. The molecule has 1 heterocycles. The number of anilines is 2. The molecule has 2 aliphatic carbocycles. The molecule has 0 radical (unpaired) electrons. The molecule has 1 fully saturated rings. The smallest absolute Gasteiger partial charge is 0.248 e. The third-order valence-electron chi connectivity index (χ3n) is 4.46. The van der Waals surface area contributed by atoms with Gasteiger partial charge in [-0.1, -0.05) is 0 Å². The first-order chi connectivity index (χ1) is 9.72. The molecule has 0 atom stereocenters. The molecule has 6 nitrogen and oxygen atoms in total. The van der Waals surface area contributed by atoms with Crippen LogP contribution in [0.25, 0.3) is 0 Å². The molecule has 0 aromatic heterocycles. The van der Waals surface area contributed by atoms with E-state index in [0.717, 1.165) is 42.3 Å². The Morgan fingerprint density at radius 1 is 1.05 bits per heavy atom. The van der Waals surface area contributed by atoms with E-state index in [1.54, 1.807) is 0 Å². The number of nitrogens with zero attached hydrogens (tertiary/aromatic N) is 3. The highest BCUT2D eigenvalue weighted by Gasteiger charge is 2.30. The fourth-order valence-corrected chi connectivity index (χ4v) is 3.05. The van der Waals surface area contributed by atoms with E-state index < -0.39 is 0 Å². The molecule has 0 bridgehead atoms. The predicted octanol–water partition coefficient (Wildman–Crippen LogP) is 1.99. The van der Waals surface area contributed by atoms with Crippen LogP contribution in [0.4, 0.5) is 11.4 Å². The van der Waals surface area contributed by atoms with Crippen molar-refractivity contribution in [1.29, 1.82) is 0 Å². The van der Waals surface area contributed by atoms with Crippen LogP contribution in [0.15, 0.2) is 17.2 Å². The maximum atomic E-state index is 10.3. The predicted molar refractivity (Wildman–Crippen MR) is 75.2 cm³/mol. The number of hydrazone groups is 1. The molecule has 4 rings (SSSR count). The molecule has 0 saturated heterocycles. The van der Waals surface area contributed by atoms with Crippen LogP contribution in [0.1, 0.15) is 36.8 Å². The van der Waals surface area contributed by atoms with E-state index in [0.29, 0.717) is 23.4 Å². The van der Waals surface area contributed by atoms with E-state index in [1.807, 2.05) is 12.1 Å². The van der Waals surface area contributed by atoms with Gasteiger partial charge in [-0.15, -0.1) is 10.3 Å². The summed E-state index contributed by atoms with van der Waals surface area (Å²) < 4.78 is 0. The summed E-state index contributed by atoms with van der Waals surface area (Å²) in [5, 5.41) is 29.5. The van der Waals surface area contributed by atoms with Crippen molar-refractivity contribution >= 4 is 17.3 Å². The number of guanidine groups is 1. The zero-order valence-electron chi connectivity index (χ0n) is 11.2. The van der Waals surface area contributed by atoms with E-state index in [-0.39, 0.29) is 0 Å². The number of fused-ring (bicyclic) bond motifs is 2. The number of hydrogen-bond acceptors (Lipinski definition) is 6. The molecule has 20 heavy (non-hydrogen) atoms. The number of benzene rings is 1. The molecule has 1 aliphatic heterocycles. The van der Waals surface area contributed by atoms with Crippen molar-refractivity contribution in [3.63, 3.8) is 0 Å². The minimum atomic E-state index is 0.294. The van der Waals surface area contributed by atoms with E-state index >= 15 is 0 Å². The van der Waals surface area contributed by atoms with Crippen LogP contribution < -0.4 is 15.6 Å². The number of hydroxylamine groups is 1. The number of rotatable bonds is 1. The van der Waals surface area contributed by atoms with E-state index in [9.17, 15) is 10.4 Å². The largest absolute Gasteiger partial charge is 0.350 e. The molecule has 3 N–H and O–H groups in total. The van der Waals surface area contributed by atoms with Crippen LogP contribution in [-0.4, -0.2) is 22.4 Å². The van der Waals surface area contributed by atoms with E-state index in [2.05, 4.69) is 10.4 Å². The highest BCUT2D eigenvalue weighted by molar-refractivity contribution is 6.00. The number of aryl methyl sites for hydroxylation is 2. The van der Waals surface area contributed by atoms with Gasteiger partial charge in [-0.25, -0.2) is 0 Å².